The Hall–Kier alpha value is -1.29. The molecule has 3 aromatic rings. The first-order valence-electron chi connectivity index (χ1n) is 5.83. The summed E-state index contributed by atoms with van der Waals surface area (Å²) in [6.45, 7) is 0. The normalized spacial score (nSPS) is 12.5. The van der Waals surface area contributed by atoms with Crippen LogP contribution in [-0.4, -0.2) is 10.2 Å². The average molecular weight is 307 g/mol. The molecule has 94 valence electrons. The van der Waals surface area contributed by atoms with E-state index in [0.29, 0.717) is 10.0 Å². The third kappa shape index (κ3) is 1.73. The summed E-state index contributed by atoms with van der Waals surface area (Å²) in [5.41, 5.74) is 5.54. The van der Waals surface area contributed by atoms with Crippen molar-refractivity contribution in [1.82, 2.24) is 10.2 Å². The van der Waals surface area contributed by atoms with Gasteiger partial charge < -0.3 is 0 Å². The van der Waals surface area contributed by atoms with Crippen molar-refractivity contribution in [3.63, 3.8) is 0 Å². The van der Waals surface area contributed by atoms with Gasteiger partial charge in [0.1, 0.15) is 0 Å². The van der Waals surface area contributed by atoms with Crippen LogP contribution < -0.4 is 0 Å². The van der Waals surface area contributed by atoms with Crippen LogP contribution in [-0.2, 0) is 6.42 Å². The summed E-state index contributed by atoms with van der Waals surface area (Å²) in [5.74, 6) is 0. The Labute approximate surface area is 124 Å². The minimum atomic E-state index is 0.631. The number of H-pyrrole nitrogens is 1. The van der Waals surface area contributed by atoms with Gasteiger partial charge in [0.25, 0.3) is 0 Å². The lowest BCUT2D eigenvalue weighted by Crippen LogP contribution is -1.85. The number of hydrogen-bond acceptors (Lipinski definition) is 2. The van der Waals surface area contributed by atoms with Crippen LogP contribution in [0, 0.1) is 0 Å². The van der Waals surface area contributed by atoms with Crippen molar-refractivity contribution in [2.24, 2.45) is 0 Å². The highest BCUT2D eigenvalue weighted by atomic mass is 35.5. The quantitative estimate of drug-likeness (QED) is 0.526. The summed E-state index contributed by atoms with van der Waals surface area (Å²) in [7, 11) is 0. The molecular weight excluding hydrogens is 299 g/mol. The van der Waals surface area contributed by atoms with Crippen molar-refractivity contribution in [3.8, 4) is 22.5 Å². The van der Waals surface area contributed by atoms with Gasteiger partial charge in [-0.05, 0) is 29.6 Å². The number of halogens is 2. The number of fused-ring (bicyclic) bond motifs is 3. The molecule has 1 aliphatic rings. The van der Waals surface area contributed by atoms with Gasteiger partial charge in [-0.25, -0.2) is 0 Å². The van der Waals surface area contributed by atoms with Crippen LogP contribution in [0.25, 0.3) is 22.5 Å². The third-order valence-corrected chi connectivity index (χ3v) is 4.71. The standard InChI is InChI=1S/C14H8Cl2N2S/c15-8-3-7(4-9(16)5-8)13-11-6-12-10(1-2-19-12)14(11)18-17-13/h1-5H,6H2,(H,17,18). The molecule has 0 fully saturated rings. The highest BCUT2D eigenvalue weighted by molar-refractivity contribution is 7.10. The Balaban J connectivity index is 1.90. The number of benzene rings is 1. The number of aromatic nitrogens is 2. The lowest BCUT2D eigenvalue weighted by Gasteiger charge is -2.02. The number of nitrogens with one attached hydrogen (secondary N) is 1. The molecule has 4 rings (SSSR count). The molecule has 0 saturated heterocycles. The van der Waals surface area contributed by atoms with E-state index in [1.165, 1.54) is 16.0 Å². The summed E-state index contributed by atoms with van der Waals surface area (Å²) < 4.78 is 0. The zero-order chi connectivity index (χ0) is 13.0. The van der Waals surface area contributed by atoms with E-state index in [1.54, 1.807) is 17.4 Å². The van der Waals surface area contributed by atoms with E-state index in [1.807, 2.05) is 12.1 Å². The summed E-state index contributed by atoms with van der Waals surface area (Å²) in [6.07, 6.45) is 0.929. The van der Waals surface area contributed by atoms with Crippen LogP contribution in [0.5, 0.6) is 0 Å². The molecule has 0 radical (unpaired) electrons. The van der Waals surface area contributed by atoms with E-state index in [0.717, 1.165) is 23.4 Å². The Morgan fingerprint density at radius 3 is 2.74 bits per heavy atom. The van der Waals surface area contributed by atoms with Gasteiger partial charge in [-0.3, -0.25) is 5.10 Å². The predicted molar refractivity (Wildman–Crippen MR) is 80.2 cm³/mol. The number of thiophene rings is 1. The van der Waals surface area contributed by atoms with Crippen LogP contribution in [0.2, 0.25) is 10.0 Å². The molecule has 0 spiro atoms. The minimum Gasteiger partial charge on any atom is -0.277 e. The molecule has 1 N–H and O–H groups in total. The van der Waals surface area contributed by atoms with E-state index < -0.39 is 0 Å². The molecule has 0 amide bonds. The van der Waals surface area contributed by atoms with Gasteiger partial charge in [0.15, 0.2) is 0 Å². The molecular formula is C14H8Cl2N2S. The Morgan fingerprint density at radius 1 is 1.16 bits per heavy atom. The van der Waals surface area contributed by atoms with Crippen molar-refractivity contribution in [2.75, 3.05) is 0 Å². The van der Waals surface area contributed by atoms with Crippen LogP contribution >= 0.6 is 34.5 Å². The smallest absolute Gasteiger partial charge is 0.0963 e. The van der Waals surface area contributed by atoms with Crippen LogP contribution in [0.3, 0.4) is 0 Å². The second-order valence-electron chi connectivity index (χ2n) is 4.52. The molecule has 1 aliphatic carbocycles. The Kier molecular flexibility index (Phi) is 2.49. The number of hydrogen-bond donors (Lipinski definition) is 1. The van der Waals surface area contributed by atoms with Crippen LogP contribution in [0.4, 0.5) is 0 Å². The van der Waals surface area contributed by atoms with Gasteiger partial charge in [-0.15, -0.1) is 11.3 Å². The molecule has 1 aromatic carbocycles. The molecule has 2 nitrogen and oxygen atoms in total. The van der Waals surface area contributed by atoms with E-state index >= 15 is 0 Å². The Bertz CT molecular complexity index is 768. The lowest BCUT2D eigenvalue weighted by atomic mass is 10.1. The van der Waals surface area contributed by atoms with Crippen molar-refractivity contribution in [3.05, 3.63) is 50.1 Å². The first-order chi connectivity index (χ1) is 9.22. The summed E-state index contributed by atoms with van der Waals surface area (Å²) in [6, 6.07) is 7.67. The highest BCUT2D eigenvalue weighted by Gasteiger charge is 2.26. The summed E-state index contributed by atoms with van der Waals surface area (Å²) in [5, 5.41) is 10.9. The van der Waals surface area contributed by atoms with E-state index in [-0.39, 0.29) is 0 Å². The maximum absolute atomic E-state index is 6.07. The monoisotopic (exact) mass is 306 g/mol. The molecule has 0 atom stereocenters. The minimum absolute atomic E-state index is 0.631. The van der Waals surface area contributed by atoms with E-state index in [2.05, 4.69) is 21.6 Å². The van der Waals surface area contributed by atoms with Gasteiger partial charge in [0.2, 0.25) is 0 Å². The maximum atomic E-state index is 6.07. The third-order valence-electron chi connectivity index (χ3n) is 3.36. The van der Waals surface area contributed by atoms with Crippen LogP contribution in [0.15, 0.2) is 29.6 Å². The highest BCUT2D eigenvalue weighted by Crippen LogP contribution is 2.42. The summed E-state index contributed by atoms with van der Waals surface area (Å²) >= 11 is 13.9. The van der Waals surface area contributed by atoms with Crippen molar-refractivity contribution < 1.29 is 0 Å². The van der Waals surface area contributed by atoms with E-state index in [4.69, 9.17) is 23.2 Å². The van der Waals surface area contributed by atoms with Gasteiger partial charge in [0, 0.05) is 38.0 Å². The van der Waals surface area contributed by atoms with Gasteiger partial charge in [0.05, 0.1) is 11.4 Å². The van der Waals surface area contributed by atoms with Gasteiger partial charge >= 0.3 is 0 Å². The van der Waals surface area contributed by atoms with Crippen molar-refractivity contribution >= 4 is 34.5 Å². The second kappa shape index (κ2) is 4.10. The van der Waals surface area contributed by atoms with Gasteiger partial charge in [-0.2, -0.15) is 5.10 Å². The molecule has 2 aromatic heterocycles. The number of nitrogens with zero attached hydrogens (tertiary/aromatic N) is 1. The molecule has 19 heavy (non-hydrogen) atoms. The van der Waals surface area contributed by atoms with Crippen molar-refractivity contribution in [2.45, 2.75) is 6.42 Å². The summed E-state index contributed by atoms with van der Waals surface area (Å²) in [4.78, 5) is 1.39. The zero-order valence-corrected chi connectivity index (χ0v) is 12.0. The number of rotatable bonds is 1. The fourth-order valence-corrected chi connectivity index (χ4v) is 3.97. The zero-order valence-electron chi connectivity index (χ0n) is 9.71. The number of aromatic amines is 1. The van der Waals surface area contributed by atoms with E-state index in [9.17, 15) is 0 Å². The first kappa shape index (κ1) is 11.5. The van der Waals surface area contributed by atoms with Crippen LogP contribution in [0.1, 0.15) is 10.4 Å². The molecule has 0 saturated carbocycles. The fourth-order valence-electron chi connectivity index (χ4n) is 2.55. The van der Waals surface area contributed by atoms with Gasteiger partial charge in [-0.1, -0.05) is 23.2 Å². The van der Waals surface area contributed by atoms with Crippen molar-refractivity contribution in [1.29, 1.82) is 0 Å². The first-order valence-corrected chi connectivity index (χ1v) is 7.46. The SMILES string of the molecule is Clc1cc(Cl)cc(-c2n[nH]c3c2Cc2sccc2-3)c1. The maximum Gasteiger partial charge on any atom is 0.0963 e. The molecule has 0 aliphatic heterocycles. The molecule has 5 heteroatoms. The largest absolute Gasteiger partial charge is 0.277 e. The second-order valence-corrected chi connectivity index (χ2v) is 6.39. The topological polar surface area (TPSA) is 28.7 Å². The molecule has 2 heterocycles. The fraction of sp³-hybridized carbons (Fsp3) is 0.0714. The molecule has 0 bridgehead atoms. The predicted octanol–water partition coefficient (Wildman–Crippen LogP) is 5.02. The lowest BCUT2D eigenvalue weighted by molar-refractivity contribution is 1.10. The Morgan fingerprint density at radius 2 is 1.95 bits per heavy atom. The molecule has 0 unspecified atom stereocenters. The average Bonchev–Trinajstić information content (AvgIpc) is 2.97.